The number of thiocarbonyl (C=S) groups is 1. The van der Waals surface area contributed by atoms with Gasteiger partial charge in [0.2, 0.25) is 5.91 Å². The average Bonchev–Trinajstić information content (AvgIpc) is 3.01. The molecule has 10 heteroatoms. The van der Waals surface area contributed by atoms with Gasteiger partial charge in [-0.15, -0.1) is 0 Å². The summed E-state index contributed by atoms with van der Waals surface area (Å²) in [7, 11) is 0. The lowest BCUT2D eigenvalue weighted by atomic mass is 10.1. The summed E-state index contributed by atoms with van der Waals surface area (Å²) in [5, 5.41) is 6.27. The molecule has 0 spiro atoms. The van der Waals surface area contributed by atoms with Crippen LogP contribution < -0.4 is 10.6 Å². The first-order valence-corrected chi connectivity index (χ1v) is 11.5. The molecule has 1 amide bonds. The van der Waals surface area contributed by atoms with Gasteiger partial charge >= 0.3 is 6.18 Å². The number of alkyl halides is 3. The minimum Gasteiger partial charge on any atom is -0.355 e. The Kier molecular flexibility index (Phi) is 8.94. The van der Waals surface area contributed by atoms with Crippen LogP contribution in [0.25, 0.3) is 0 Å². The third kappa shape index (κ3) is 7.87. The van der Waals surface area contributed by atoms with E-state index in [4.69, 9.17) is 23.8 Å². The Morgan fingerprint density at radius 1 is 1.06 bits per heavy atom. The molecule has 0 saturated carbocycles. The molecule has 0 aliphatic carbocycles. The van der Waals surface area contributed by atoms with Crippen molar-refractivity contribution >= 4 is 40.5 Å². The van der Waals surface area contributed by atoms with Crippen LogP contribution in [0.1, 0.15) is 17.5 Å². The van der Waals surface area contributed by atoms with Crippen molar-refractivity contribution in [3.8, 4) is 0 Å². The number of carbonyl (C=O) groups excluding carboxylic acids is 1. The van der Waals surface area contributed by atoms with Gasteiger partial charge in [-0.25, -0.2) is 0 Å². The first-order valence-electron chi connectivity index (χ1n) is 10.7. The molecular formula is C23H26ClF3N4OS. The van der Waals surface area contributed by atoms with Crippen molar-refractivity contribution in [1.29, 1.82) is 0 Å². The molecular weight excluding hydrogens is 473 g/mol. The highest BCUT2D eigenvalue weighted by Gasteiger charge is 2.31. The third-order valence-corrected chi connectivity index (χ3v) is 6.05. The van der Waals surface area contributed by atoms with Crippen LogP contribution in [-0.2, 0) is 17.4 Å². The number of hydrogen-bond donors (Lipinski definition) is 2. The van der Waals surface area contributed by atoms with Gasteiger partial charge < -0.3 is 15.5 Å². The highest BCUT2D eigenvalue weighted by Crippen LogP contribution is 2.34. The van der Waals surface area contributed by atoms with Crippen molar-refractivity contribution in [3.05, 3.63) is 64.7 Å². The zero-order valence-electron chi connectivity index (χ0n) is 18.0. The summed E-state index contributed by atoms with van der Waals surface area (Å²) in [6.45, 7) is 3.41. The molecule has 1 aliphatic rings. The molecule has 3 rings (SSSR count). The Morgan fingerprint density at radius 3 is 2.55 bits per heavy atom. The summed E-state index contributed by atoms with van der Waals surface area (Å²) < 4.78 is 39.0. The van der Waals surface area contributed by atoms with Crippen molar-refractivity contribution in [1.82, 2.24) is 15.1 Å². The molecule has 0 aromatic heterocycles. The van der Waals surface area contributed by atoms with Gasteiger partial charge in [-0.3, -0.25) is 9.69 Å². The van der Waals surface area contributed by atoms with E-state index in [0.29, 0.717) is 37.8 Å². The molecule has 1 fully saturated rings. The molecule has 1 aliphatic heterocycles. The second-order valence-electron chi connectivity index (χ2n) is 7.82. The SMILES string of the molecule is O=C(CN1CCCN(C(=S)Nc2cc(C(F)(F)F)ccc2Cl)CC1)NCCc1ccccc1. The normalized spacial score (nSPS) is 15.1. The molecule has 1 heterocycles. The smallest absolute Gasteiger partial charge is 0.355 e. The number of halogens is 4. The standard InChI is InChI=1S/C23H26ClF3N4OS/c24-19-8-7-18(23(25,26)27)15-20(19)29-22(33)31-12-4-11-30(13-14-31)16-21(32)28-10-9-17-5-2-1-3-6-17/h1-3,5-8,15H,4,9-14,16H2,(H,28,32)(H,29,33). The fraction of sp³-hybridized carbons (Fsp3) is 0.391. The molecule has 178 valence electrons. The van der Waals surface area contributed by atoms with Crippen LogP contribution in [0, 0.1) is 0 Å². The number of anilines is 1. The fourth-order valence-corrected chi connectivity index (χ4v) is 4.03. The maximum Gasteiger partial charge on any atom is 0.416 e. The van der Waals surface area contributed by atoms with E-state index in [-0.39, 0.29) is 16.6 Å². The summed E-state index contributed by atoms with van der Waals surface area (Å²) in [5.74, 6) is -0.0316. The molecule has 2 aromatic rings. The van der Waals surface area contributed by atoms with E-state index < -0.39 is 11.7 Å². The highest BCUT2D eigenvalue weighted by atomic mass is 35.5. The van der Waals surface area contributed by atoms with Crippen LogP contribution in [0.3, 0.4) is 0 Å². The van der Waals surface area contributed by atoms with Gasteiger partial charge in [-0.2, -0.15) is 13.2 Å². The van der Waals surface area contributed by atoms with Crippen molar-refractivity contribution in [2.45, 2.75) is 19.0 Å². The van der Waals surface area contributed by atoms with E-state index in [0.717, 1.165) is 31.5 Å². The van der Waals surface area contributed by atoms with Crippen LogP contribution in [0.4, 0.5) is 18.9 Å². The topological polar surface area (TPSA) is 47.6 Å². The number of hydrogen-bond acceptors (Lipinski definition) is 3. The first kappa shape index (κ1) is 25.3. The summed E-state index contributed by atoms with van der Waals surface area (Å²) in [5.41, 5.74) is 0.498. The predicted molar refractivity (Wildman–Crippen MR) is 128 cm³/mol. The van der Waals surface area contributed by atoms with E-state index in [9.17, 15) is 18.0 Å². The second kappa shape index (κ2) is 11.7. The maximum atomic E-state index is 13.0. The van der Waals surface area contributed by atoms with Crippen LogP contribution in [-0.4, -0.2) is 60.1 Å². The number of amides is 1. The van der Waals surface area contributed by atoms with Gasteiger partial charge in [0.05, 0.1) is 22.8 Å². The number of rotatable bonds is 6. The van der Waals surface area contributed by atoms with Crippen LogP contribution in [0.2, 0.25) is 5.02 Å². The minimum atomic E-state index is -4.46. The van der Waals surface area contributed by atoms with E-state index in [2.05, 4.69) is 15.5 Å². The number of nitrogens with one attached hydrogen (secondary N) is 2. The zero-order valence-corrected chi connectivity index (χ0v) is 19.6. The monoisotopic (exact) mass is 498 g/mol. The largest absolute Gasteiger partial charge is 0.416 e. The van der Waals surface area contributed by atoms with Crippen molar-refractivity contribution in [2.75, 3.05) is 44.6 Å². The Labute approximate surface area is 201 Å². The van der Waals surface area contributed by atoms with Crippen LogP contribution >= 0.6 is 23.8 Å². The molecule has 0 bridgehead atoms. The molecule has 33 heavy (non-hydrogen) atoms. The second-order valence-corrected chi connectivity index (χ2v) is 8.62. The van der Waals surface area contributed by atoms with Crippen molar-refractivity contribution < 1.29 is 18.0 Å². The van der Waals surface area contributed by atoms with Gasteiger partial charge in [0.15, 0.2) is 5.11 Å². The molecule has 2 N–H and O–H groups in total. The lowest BCUT2D eigenvalue weighted by Gasteiger charge is -2.25. The van der Waals surface area contributed by atoms with Gasteiger partial charge in [-0.05, 0) is 48.8 Å². The first-order chi connectivity index (χ1) is 15.7. The number of nitrogens with zero attached hydrogens (tertiary/aromatic N) is 2. The Balaban J connectivity index is 1.46. The Morgan fingerprint density at radius 2 is 1.82 bits per heavy atom. The Hall–Kier alpha value is -2.36. The van der Waals surface area contributed by atoms with Crippen molar-refractivity contribution in [3.63, 3.8) is 0 Å². The van der Waals surface area contributed by atoms with Gasteiger partial charge in [-0.1, -0.05) is 41.9 Å². The third-order valence-electron chi connectivity index (χ3n) is 5.36. The molecule has 5 nitrogen and oxygen atoms in total. The molecule has 0 radical (unpaired) electrons. The summed E-state index contributed by atoms with van der Waals surface area (Å²) in [6.07, 6.45) is -2.92. The lowest BCUT2D eigenvalue weighted by molar-refractivity contribution is -0.137. The fourth-order valence-electron chi connectivity index (χ4n) is 3.57. The summed E-state index contributed by atoms with van der Waals surface area (Å²) in [6, 6.07) is 13.1. The quantitative estimate of drug-likeness (QED) is 0.577. The summed E-state index contributed by atoms with van der Waals surface area (Å²) >= 11 is 11.5. The lowest BCUT2D eigenvalue weighted by Crippen LogP contribution is -2.41. The van der Waals surface area contributed by atoms with E-state index in [1.54, 1.807) is 0 Å². The van der Waals surface area contributed by atoms with E-state index in [1.165, 1.54) is 11.6 Å². The van der Waals surface area contributed by atoms with Crippen LogP contribution in [0.15, 0.2) is 48.5 Å². The zero-order chi connectivity index (χ0) is 23.8. The van der Waals surface area contributed by atoms with Gasteiger partial charge in [0, 0.05) is 32.7 Å². The average molecular weight is 499 g/mol. The molecule has 0 atom stereocenters. The van der Waals surface area contributed by atoms with E-state index in [1.807, 2.05) is 35.2 Å². The maximum absolute atomic E-state index is 13.0. The molecule has 1 saturated heterocycles. The number of benzene rings is 2. The van der Waals surface area contributed by atoms with Gasteiger partial charge in [0.1, 0.15) is 0 Å². The molecule has 0 unspecified atom stereocenters. The molecule has 2 aromatic carbocycles. The minimum absolute atomic E-state index is 0.0316. The van der Waals surface area contributed by atoms with Crippen LogP contribution in [0.5, 0.6) is 0 Å². The van der Waals surface area contributed by atoms with E-state index >= 15 is 0 Å². The predicted octanol–water partition coefficient (Wildman–Crippen LogP) is 4.42. The summed E-state index contributed by atoms with van der Waals surface area (Å²) in [4.78, 5) is 16.3. The Bertz CT molecular complexity index is 958. The highest BCUT2D eigenvalue weighted by molar-refractivity contribution is 7.80. The number of carbonyl (C=O) groups is 1. The van der Waals surface area contributed by atoms with Gasteiger partial charge in [0.25, 0.3) is 0 Å². The van der Waals surface area contributed by atoms with Crippen molar-refractivity contribution in [2.24, 2.45) is 0 Å².